The second-order valence-electron chi connectivity index (χ2n) is 10.7. The smallest absolute Gasteiger partial charge is 0.339 e. The van der Waals surface area contributed by atoms with Gasteiger partial charge in [-0.25, -0.2) is 9.07 Å². The molecule has 2 atom stereocenters. The molecule has 2 aliphatic rings. The Morgan fingerprint density at radius 1 is 0.978 bits per heavy atom. The molecule has 230 valence electrons. The summed E-state index contributed by atoms with van der Waals surface area (Å²) < 4.78 is 57.5. The zero-order valence-electron chi connectivity index (χ0n) is 23.9. The number of fused-ring (bicyclic) bond motifs is 1. The summed E-state index contributed by atoms with van der Waals surface area (Å²) in [6.45, 7) is 1.88. The van der Waals surface area contributed by atoms with Gasteiger partial charge in [-0.3, -0.25) is 19.3 Å². The van der Waals surface area contributed by atoms with Gasteiger partial charge in [-0.05, 0) is 68.3 Å². The number of hydrogen-bond donors (Lipinski definition) is 2. The van der Waals surface area contributed by atoms with Crippen molar-refractivity contribution in [1.82, 2.24) is 15.1 Å². The molecule has 0 saturated heterocycles. The minimum atomic E-state index is -4.69. The van der Waals surface area contributed by atoms with Crippen molar-refractivity contribution < 1.29 is 31.9 Å². The van der Waals surface area contributed by atoms with E-state index in [1.54, 1.807) is 41.9 Å². The van der Waals surface area contributed by atoms with Crippen molar-refractivity contribution in [1.29, 1.82) is 0 Å². The molecule has 6 rings (SSSR count). The summed E-state index contributed by atoms with van der Waals surface area (Å²) in [5.41, 5.74) is 0.547. The number of carbonyl (C=O) groups is 3. The fraction of sp³-hybridized carbons (Fsp3) is 0.212. The average molecular weight is 618 g/mol. The van der Waals surface area contributed by atoms with Gasteiger partial charge in [0.15, 0.2) is 0 Å². The van der Waals surface area contributed by atoms with Gasteiger partial charge in [0, 0.05) is 40.4 Å². The van der Waals surface area contributed by atoms with E-state index in [0.717, 1.165) is 24.6 Å². The summed E-state index contributed by atoms with van der Waals surface area (Å²) >= 11 is 0. The van der Waals surface area contributed by atoms with E-state index in [0.29, 0.717) is 35.1 Å². The molecule has 12 heteroatoms. The number of nitrogens with one attached hydrogen (secondary N) is 2. The van der Waals surface area contributed by atoms with Crippen molar-refractivity contribution in [2.75, 3.05) is 16.8 Å². The fourth-order valence-electron chi connectivity index (χ4n) is 5.62. The quantitative estimate of drug-likeness (QED) is 0.249. The number of nitrogens with zero attached hydrogens (tertiary/aromatic N) is 3. The van der Waals surface area contributed by atoms with Crippen molar-refractivity contribution >= 4 is 29.2 Å². The lowest BCUT2D eigenvalue weighted by molar-refractivity contribution is -0.137. The summed E-state index contributed by atoms with van der Waals surface area (Å²) in [6.07, 6.45) is -0.00659. The average Bonchev–Trinajstić information content (AvgIpc) is 3.42. The summed E-state index contributed by atoms with van der Waals surface area (Å²) in [7, 11) is 0. The molecule has 0 bridgehead atoms. The molecule has 0 saturated carbocycles. The monoisotopic (exact) mass is 617 g/mol. The number of hydrogen-bond acceptors (Lipinski definition) is 4. The van der Waals surface area contributed by atoms with Crippen LogP contribution in [-0.2, 0) is 15.8 Å². The van der Waals surface area contributed by atoms with E-state index in [9.17, 15) is 27.6 Å². The lowest BCUT2D eigenvalue weighted by atomic mass is 9.81. The molecule has 1 aromatic heterocycles. The standard InChI is InChI=1S/C33H27F4N5O3/c1-2-41-31-25(18-38-42(31)23-12-4-3-5-13-23)27(24-17-22(14-15-26(24)34)39-29(43)19-8-6-9-19)28(32(41)45)40-30(44)20-10-7-11-21(16-20)33(35,36)37/h3-5,7-8,10-18,27-28H,2,6,9H2,1H3,(H,39,43)(H,40,44)/t27-,28+/m1/s1. The molecule has 3 aromatic carbocycles. The van der Waals surface area contributed by atoms with E-state index in [2.05, 4.69) is 15.7 Å². The zero-order chi connectivity index (χ0) is 31.9. The largest absolute Gasteiger partial charge is 0.416 e. The Hall–Kier alpha value is -5.26. The molecule has 4 aromatic rings. The number of benzene rings is 3. The van der Waals surface area contributed by atoms with E-state index >= 15 is 4.39 Å². The number of halogens is 4. The van der Waals surface area contributed by atoms with Gasteiger partial charge >= 0.3 is 6.18 Å². The van der Waals surface area contributed by atoms with Gasteiger partial charge in [0.05, 0.1) is 17.4 Å². The zero-order valence-corrected chi connectivity index (χ0v) is 23.9. The topological polar surface area (TPSA) is 96.3 Å². The van der Waals surface area contributed by atoms with Crippen LogP contribution in [0, 0.1) is 5.82 Å². The lowest BCUT2D eigenvalue weighted by Gasteiger charge is -2.38. The van der Waals surface area contributed by atoms with Crippen LogP contribution in [-0.4, -0.2) is 40.1 Å². The van der Waals surface area contributed by atoms with Gasteiger partial charge < -0.3 is 10.6 Å². The Labute approximate surface area is 255 Å². The predicted molar refractivity (Wildman–Crippen MR) is 158 cm³/mol. The number of aromatic nitrogens is 2. The minimum absolute atomic E-state index is 0.0114. The van der Waals surface area contributed by atoms with E-state index in [-0.39, 0.29) is 29.3 Å². The first-order valence-electron chi connectivity index (χ1n) is 14.3. The molecule has 45 heavy (non-hydrogen) atoms. The highest BCUT2D eigenvalue weighted by atomic mass is 19.4. The second kappa shape index (κ2) is 11.7. The van der Waals surface area contributed by atoms with Crippen LogP contribution >= 0.6 is 0 Å². The van der Waals surface area contributed by atoms with Gasteiger partial charge in [0.25, 0.3) is 17.7 Å². The van der Waals surface area contributed by atoms with Crippen molar-refractivity contribution in [3.63, 3.8) is 0 Å². The minimum Gasteiger partial charge on any atom is -0.339 e. The maximum Gasteiger partial charge on any atom is 0.416 e. The van der Waals surface area contributed by atoms with Gasteiger partial charge in [-0.15, -0.1) is 0 Å². The van der Waals surface area contributed by atoms with Gasteiger partial charge in [-0.2, -0.15) is 18.3 Å². The number of carbonyl (C=O) groups excluding carboxylic acids is 3. The van der Waals surface area contributed by atoms with Gasteiger partial charge in [0.2, 0.25) is 0 Å². The summed E-state index contributed by atoms with van der Waals surface area (Å²) in [5.74, 6) is -3.39. The SMILES string of the molecule is CCN1C(=O)[C@@H](NC(=O)c2cccc(C(F)(F)F)c2)[C@H](c2cc(NC(=O)C3=CCC3)ccc2F)c2cnn(-c3ccccc3)c21. The third-order valence-electron chi connectivity index (χ3n) is 7.97. The second-order valence-corrected chi connectivity index (χ2v) is 10.7. The first-order chi connectivity index (χ1) is 21.6. The van der Waals surface area contributed by atoms with Crippen LogP contribution < -0.4 is 15.5 Å². The molecule has 8 nitrogen and oxygen atoms in total. The number of alkyl halides is 3. The van der Waals surface area contributed by atoms with Gasteiger partial charge in [0.1, 0.15) is 17.7 Å². The van der Waals surface area contributed by atoms with E-state index in [4.69, 9.17) is 0 Å². The molecular formula is C33H27F4N5O3. The third-order valence-corrected chi connectivity index (χ3v) is 7.97. The van der Waals surface area contributed by atoms with Crippen molar-refractivity contribution in [2.24, 2.45) is 0 Å². The first-order valence-corrected chi connectivity index (χ1v) is 14.3. The Bertz CT molecular complexity index is 1830. The summed E-state index contributed by atoms with van der Waals surface area (Å²) in [4.78, 5) is 41.6. The molecule has 2 N–H and O–H groups in total. The number of para-hydroxylation sites is 1. The normalized spacial score (nSPS) is 17.7. The van der Waals surface area contributed by atoms with Crippen LogP contribution in [0.15, 0.2) is 90.6 Å². The molecule has 0 unspecified atom stereocenters. The first kappa shape index (κ1) is 29.8. The highest BCUT2D eigenvalue weighted by Gasteiger charge is 2.45. The highest BCUT2D eigenvalue weighted by molar-refractivity contribution is 6.06. The molecule has 0 spiro atoms. The Morgan fingerprint density at radius 2 is 1.73 bits per heavy atom. The van der Waals surface area contributed by atoms with Crippen molar-refractivity contribution in [2.45, 2.75) is 37.9 Å². The Kier molecular flexibility index (Phi) is 7.73. The number of likely N-dealkylation sites (N-methyl/N-ethyl adjacent to an activating group) is 1. The van der Waals surface area contributed by atoms with Crippen LogP contribution in [0.2, 0.25) is 0 Å². The fourth-order valence-corrected chi connectivity index (χ4v) is 5.62. The maximum atomic E-state index is 15.8. The predicted octanol–water partition coefficient (Wildman–Crippen LogP) is 5.99. The van der Waals surface area contributed by atoms with Crippen LogP contribution in [0.3, 0.4) is 0 Å². The molecule has 3 amide bonds. The lowest BCUT2D eigenvalue weighted by Crippen LogP contribution is -2.55. The van der Waals surface area contributed by atoms with Crippen molar-refractivity contribution in [3.8, 4) is 5.69 Å². The van der Waals surface area contributed by atoms with Crippen molar-refractivity contribution in [3.05, 3.63) is 119 Å². The van der Waals surface area contributed by atoms with Crippen LogP contribution in [0.5, 0.6) is 0 Å². The van der Waals surface area contributed by atoms with E-state index in [1.165, 1.54) is 29.3 Å². The third kappa shape index (κ3) is 5.59. The number of amides is 3. The summed E-state index contributed by atoms with van der Waals surface area (Å²) in [5, 5.41) is 9.86. The molecule has 2 heterocycles. The van der Waals surface area contributed by atoms with Crippen LogP contribution in [0.4, 0.5) is 29.1 Å². The maximum absolute atomic E-state index is 15.8. The molecule has 0 radical (unpaired) electrons. The van der Waals surface area contributed by atoms with E-state index < -0.39 is 41.3 Å². The molecule has 0 fully saturated rings. The highest BCUT2D eigenvalue weighted by Crippen LogP contribution is 2.43. The molecular weight excluding hydrogens is 590 g/mol. The Morgan fingerprint density at radius 3 is 2.40 bits per heavy atom. The number of anilines is 2. The van der Waals surface area contributed by atoms with Crippen LogP contribution in [0.25, 0.3) is 5.69 Å². The van der Waals surface area contributed by atoms with Gasteiger partial charge in [-0.1, -0.05) is 30.3 Å². The molecule has 1 aliphatic heterocycles. The van der Waals surface area contributed by atoms with E-state index in [1.807, 2.05) is 6.07 Å². The summed E-state index contributed by atoms with van der Waals surface area (Å²) in [6, 6.07) is 15.3. The number of rotatable bonds is 7. The van der Waals surface area contributed by atoms with Crippen LogP contribution in [0.1, 0.15) is 52.7 Å². The Balaban J connectivity index is 1.47. The number of allylic oxidation sites excluding steroid dienone is 1. The molecule has 1 aliphatic carbocycles.